The zero-order valence-electron chi connectivity index (χ0n) is 11.4. The van der Waals surface area contributed by atoms with E-state index >= 15 is 0 Å². The van der Waals surface area contributed by atoms with E-state index in [1.165, 1.54) is 18.4 Å². The van der Waals surface area contributed by atoms with Gasteiger partial charge in [-0.3, -0.25) is 4.98 Å². The molecule has 2 heterocycles. The molecule has 1 saturated carbocycles. The van der Waals surface area contributed by atoms with Crippen molar-refractivity contribution in [2.45, 2.75) is 45.3 Å². The Hall–Kier alpha value is -1.75. The molecule has 3 rings (SSSR count). The van der Waals surface area contributed by atoms with E-state index in [2.05, 4.69) is 32.0 Å². The standard InChI is InChI=1S/C14H19N5/c1-10(12-5-7-15-8-6-12)16-9-14-18-17-11(2)19(14)13-3-4-13/h5-8,10,13,16H,3-4,9H2,1-2H3/t10-/m0/s1. The van der Waals surface area contributed by atoms with Crippen LogP contribution in [0.1, 0.15) is 49.1 Å². The first-order valence-corrected chi connectivity index (χ1v) is 6.79. The fraction of sp³-hybridized carbons (Fsp3) is 0.500. The number of nitrogens with zero attached hydrogens (tertiary/aromatic N) is 4. The summed E-state index contributed by atoms with van der Waals surface area (Å²) in [6.45, 7) is 4.93. The Morgan fingerprint density at radius 3 is 2.74 bits per heavy atom. The van der Waals surface area contributed by atoms with E-state index in [1.807, 2.05) is 31.5 Å². The summed E-state index contributed by atoms with van der Waals surface area (Å²) >= 11 is 0. The van der Waals surface area contributed by atoms with Crippen molar-refractivity contribution < 1.29 is 0 Å². The predicted octanol–water partition coefficient (Wildman–Crippen LogP) is 2.17. The van der Waals surface area contributed by atoms with Crippen LogP contribution in [0.2, 0.25) is 0 Å². The maximum absolute atomic E-state index is 4.28. The molecule has 0 saturated heterocycles. The molecular weight excluding hydrogens is 238 g/mol. The van der Waals surface area contributed by atoms with Crippen molar-refractivity contribution in [3.63, 3.8) is 0 Å². The Bertz CT molecular complexity index is 544. The summed E-state index contributed by atoms with van der Waals surface area (Å²) in [5, 5.41) is 12.0. The molecule has 1 fully saturated rings. The molecule has 1 N–H and O–H groups in total. The minimum absolute atomic E-state index is 0.285. The first-order chi connectivity index (χ1) is 9.25. The third-order valence-corrected chi connectivity index (χ3v) is 3.62. The lowest BCUT2D eigenvalue weighted by molar-refractivity contribution is 0.534. The summed E-state index contributed by atoms with van der Waals surface area (Å²) in [5.74, 6) is 2.07. The monoisotopic (exact) mass is 257 g/mol. The summed E-state index contributed by atoms with van der Waals surface area (Å²) in [6.07, 6.45) is 6.16. The molecule has 0 radical (unpaired) electrons. The van der Waals surface area contributed by atoms with Crippen molar-refractivity contribution in [3.05, 3.63) is 41.7 Å². The Balaban J connectivity index is 1.66. The highest BCUT2D eigenvalue weighted by Crippen LogP contribution is 2.36. The number of aromatic nitrogens is 4. The van der Waals surface area contributed by atoms with Gasteiger partial charge in [-0.1, -0.05) is 0 Å². The molecule has 1 aliphatic rings. The van der Waals surface area contributed by atoms with Gasteiger partial charge in [-0.15, -0.1) is 10.2 Å². The van der Waals surface area contributed by atoms with E-state index in [1.54, 1.807) is 0 Å². The van der Waals surface area contributed by atoms with Gasteiger partial charge in [0.25, 0.3) is 0 Å². The summed E-state index contributed by atoms with van der Waals surface area (Å²) in [4.78, 5) is 4.04. The average molecular weight is 257 g/mol. The molecule has 0 aliphatic heterocycles. The highest BCUT2D eigenvalue weighted by Gasteiger charge is 2.27. The third-order valence-electron chi connectivity index (χ3n) is 3.62. The van der Waals surface area contributed by atoms with Gasteiger partial charge in [0.15, 0.2) is 0 Å². The Labute approximate surface area is 113 Å². The summed E-state index contributed by atoms with van der Waals surface area (Å²) < 4.78 is 2.27. The second-order valence-electron chi connectivity index (χ2n) is 5.15. The number of rotatable bonds is 5. The molecule has 0 amide bonds. The minimum atomic E-state index is 0.285. The Kier molecular flexibility index (Phi) is 3.29. The molecule has 100 valence electrons. The van der Waals surface area contributed by atoms with Crippen LogP contribution in [0.3, 0.4) is 0 Å². The van der Waals surface area contributed by atoms with E-state index in [-0.39, 0.29) is 6.04 Å². The van der Waals surface area contributed by atoms with Gasteiger partial charge in [0.2, 0.25) is 0 Å². The van der Waals surface area contributed by atoms with E-state index in [4.69, 9.17) is 0 Å². The van der Waals surface area contributed by atoms with Crippen LogP contribution in [-0.4, -0.2) is 19.7 Å². The zero-order valence-corrected chi connectivity index (χ0v) is 11.4. The molecule has 19 heavy (non-hydrogen) atoms. The van der Waals surface area contributed by atoms with Crippen molar-refractivity contribution in [1.82, 2.24) is 25.1 Å². The number of pyridine rings is 1. The zero-order chi connectivity index (χ0) is 13.2. The van der Waals surface area contributed by atoms with Gasteiger partial charge in [0, 0.05) is 24.5 Å². The normalized spacial score (nSPS) is 16.5. The van der Waals surface area contributed by atoms with Gasteiger partial charge in [0.05, 0.1) is 6.54 Å². The van der Waals surface area contributed by atoms with Crippen LogP contribution in [0.25, 0.3) is 0 Å². The summed E-state index contributed by atoms with van der Waals surface area (Å²) in [7, 11) is 0. The van der Waals surface area contributed by atoms with Crippen molar-refractivity contribution >= 4 is 0 Å². The van der Waals surface area contributed by atoms with E-state index in [9.17, 15) is 0 Å². The van der Waals surface area contributed by atoms with Crippen LogP contribution in [0.4, 0.5) is 0 Å². The van der Waals surface area contributed by atoms with Crippen molar-refractivity contribution in [2.24, 2.45) is 0 Å². The smallest absolute Gasteiger partial charge is 0.147 e. The van der Waals surface area contributed by atoms with E-state index in [0.717, 1.165) is 18.2 Å². The molecular formula is C14H19N5. The second kappa shape index (κ2) is 5.09. The van der Waals surface area contributed by atoms with Crippen LogP contribution in [0.5, 0.6) is 0 Å². The lowest BCUT2D eigenvalue weighted by Crippen LogP contribution is -2.20. The molecule has 0 aromatic carbocycles. The highest BCUT2D eigenvalue weighted by molar-refractivity contribution is 5.14. The highest BCUT2D eigenvalue weighted by atomic mass is 15.3. The fourth-order valence-electron chi connectivity index (χ4n) is 2.36. The van der Waals surface area contributed by atoms with Gasteiger partial charge >= 0.3 is 0 Å². The van der Waals surface area contributed by atoms with Crippen LogP contribution >= 0.6 is 0 Å². The second-order valence-corrected chi connectivity index (χ2v) is 5.15. The van der Waals surface area contributed by atoms with Crippen LogP contribution in [-0.2, 0) is 6.54 Å². The Morgan fingerprint density at radius 1 is 1.32 bits per heavy atom. The Morgan fingerprint density at radius 2 is 2.05 bits per heavy atom. The maximum atomic E-state index is 4.28. The number of hydrogen-bond donors (Lipinski definition) is 1. The first-order valence-electron chi connectivity index (χ1n) is 6.79. The molecule has 5 nitrogen and oxygen atoms in total. The average Bonchev–Trinajstić information content (AvgIpc) is 3.21. The van der Waals surface area contributed by atoms with Crippen LogP contribution in [0, 0.1) is 6.92 Å². The minimum Gasteiger partial charge on any atom is -0.311 e. The lowest BCUT2D eigenvalue weighted by Gasteiger charge is -2.14. The van der Waals surface area contributed by atoms with Gasteiger partial charge in [-0.25, -0.2) is 0 Å². The third kappa shape index (κ3) is 2.66. The maximum Gasteiger partial charge on any atom is 0.147 e. The largest absolute Gasteiger partial charge is 0.311 e. The van der Waals surface area contributed by atoms with Crippen LogP contribution in [0.15, 0.2) is 24.5 Å². The molecule has 2 aromatic rings. The van der Waals surface area contributed by atoms with Crippen molar-refractivity contribution in [2.75, 3.05) is 0 Å². The summed E-state index contributed by atoms with van der Waals surface area (Å²) in [6, 6.07) is 4.99. The van der Waals surface area contributed by atoms with Crippen molar-refractivity contribution in [1.29, 1.82) is 0 Å². The van der Waals surface area contributed by atoms with Gasteiger partial charge in [-0.05, 0) is 44.4 Å². The molecule has 1 aliphatic carbocycles. The van der Waals surface area contributed by atoms with Crippen molar-refractivity contribution in [3.8, 4) is 0 Å². The van der Waals surface area contributed by atoms with Gasteiger partial charge in [-0.2, -0.15) is 0 Å². The fourth-order valence-corrected chi connectivity index (χ4v) is 2.36. The molecule has 0 spiro atoms. The SMILES string of the molecule is Cc1nnc(CN[C@@H](C)c2ccncc2)n1C1CC1. The molecule has 1 atom stereocenters. The number of nitrogens with one attached hydrogen (secondary N) is 1. The lowest BCUT2D eigenvalue weighted by atomic mass is 10.1. The first kappa shape index (κ1) is 12.3. The quantitative estimate of drug-likeness (QED) is 0.892. The molecule has 5 heteroatoms. The van der Waals surface area contributed by atoms with Gasteiger partial charge < -0.3 is 9.88 Å². The molecule has 2 aromatic heterocycles. The van der Waals surface area contributed by atoms with Crippen LogP contribution < -0.4 is 5.32 Å². The van der Waals surface area contributed by atoms with Gasteiger partial charge in [0.1, 0.15) is 11.6 Å². The molecule has 0 bridgehead atoms. The topological polar surface area (TPSA) is 55.6 Å². The molecule has 0 unspecified atom stereocenters. The van der Waals surface area contributed by atoms with E-state index in [0.29, 0.717) is 6.04 Å². The number of hydrogen-bond acceptors (Lipinski definition) is 4. The predicted molar refractivity (Wildman–Crippen MR) is 72.5 cm³/mol. The summed E-state index contributed by atoms with van der Waals surface area (Å²) in [5.41, 5.74) is 1.24. The van der Waals surface area contributed by atoms with E-state index < -0.39 is 0 Å². The number of aryl methyl sites for hydroxylation is 1.